The Balaban J connectivity index is 1.28. The van der Waals surface area contributed by atoms with E-state index in [4.69, 9.17) is 4.74 Å². The summed E-state index contributed by atoms with van der Waals surface area (Å²) in [6.07, 6.45) is 4.50. The van der Waals surface area contributed by atoms with E-state index in [0.717, 1.165) is 28.7 Å². The quantitative estimate of drug-likeness (QED) is 0.450. The van der Waals surface area contributed by atoms with Gasteiger partial charge in [0.2, 0.25) is 5.13 Å². The molecule has 1 aromatic heterocycles. The first kappa shape index (κ1) is 19.0. The number of nitrogens with zero attached hydrogens (tertiary/aromatic N) is 2. The molecule has 0 bridgehead atoms. The number of hydrogen-bond acceptors (Lipinski definition) is 6. The summed E-state index contributed by atoms with van der Waals surface area (Å²) in [5.74, 6) is 1.43. The fourth-order valence-electron chi connectivity index (χ4n) is 3.22. The number of carbonyl (C=O) groups is 1. The van der Waals surface area contributed by atoms with Crippen LogP contribution in [0.5, 0.6) is 5.75 Å². The zero-order valence-electron chi connectivity index (χ0n) is 15.4. The van der Waals surface area contributed by atoms with Crippen LogP contribution in [0.1, 0.15) is 29.5 Å². The lowest BCUT2D eigenvalue weighted by molar-refractivity contribution is -0.118. The highest BCUT2D eigenvalue weighted by Gasteiger charge is 2.15. The first-order valence-corrected chi connectivity index (χ1v) is 11.1. The molecule has 0 atom stereocenters. The van der Waals surface area contributed by atoms with Crippen LogP contribution in [0.15, 0.2) is 52.9 Å². The molecule has 1 aliphatic rings. The van der Waals surface area contributed by atoms with Gasteiger partial charge in [-0.15, -0.1) is 10.2 Å². The van der Waals surface area contributed by atoms with E-state index in [1.165, 1.54) is 40.9 Å². The maximum absolute atomic E-state index is 12.2. The molecule has 4 rings (SSSR count). The molecule has 5 nitrogen and oxygen atoms in total. The van der Waals surface area contributed by atoms with Crippen molar-refractivity contribution >= 4 is 34.1 Å². The van der Waals surface area contributed by atoms with Crippen molar-refractivity contribution in [3.05, 3.63) is 65.2 Å². The van der Waals surface area contributed by atoms with Crippen LogP contribution in [0.2, 0.25) is 0 Å². The molecule has 0 saturated carbocycles. The first-order valence-electron chi connectivity index (χ1n) is 9.31. The largest absolute Gasteiger partial charge is 0.483 e. The molecule has 0 spiro atoms. The van der Waals surface area contributed by atoms with Crippen molar-refractivity contribution in [3.63, 3.8) is 0 Å². The lowest BCUT2D eigenvalue weighted by Crippen LogP contribution is -2.20. The molecule has 1 heterocycles. The van der Waals surface area contributed by atoms with Gasteiger partial charge in [0.1, 0.15) is 5.75 Å². The van der Waals surface area contributed by atoms with Crippen molar-refractivity contribution in [2.24, 2.45) is 0 Å². The summed E-state index contributed by atoms with van der Waals surface area (Å²) >= 11 is 2.99. The Morgan fingerprint density at radius 1 is 1.07 bits per heavy atom. The monoisotopic (exact) mass is 411 g/mol. The number of fused-ring (bicyclic) bond motifs is 1. The highest BCUT2D eigenvalue weighted by Crippen LogP contribution is 2.30. The second kappa shape index (κ2) is 9.21. The van der Waals surface area contributed by atoms with Crippen LogP contribution < -0.4 is 10.1 Å². The Kier molecular flexibility index (Phi) is 6.24. The second-order valence-corrected chi connectivity index (χ2v) is 8.79. The summed E-state index contributed by atoms with van der Waals surface area (Å²) in [6, 6.07) is 16.3. The van der Waals surface area contributed by atoms with Crippen molar-refractivity contribution in [1.82, 2.24) is 10.2 Å². The third kappa shape index (κ3) is 4.91. The number of nitrogens with one attached hydrogen (secondary N) is 1. The number of rotatable bonds is 7. The van der Waals surface area contributed by atoms with Crippen LogP contribution in [0, 0.1) is 0 Å². The number of aryl methyl sites for hydroxylation is 1. The topological polar surface area (TPSA) is 64.1 Å². The van der Waals surface area contributed by atoms with Gasteiger partial charge in [-0.1, -0.05) is 65.6 Å². The van der Waals surface area contributed by atoms with Crippen molar-refractivity contribution < 1.29 is 9.53 Å². The summed E-state index contributed by atoms with van der Waals surface area (Å²) in [5, 5.41) is 11.5. The van der Waals surface area contributed by atoms with Crippen molar-refractivity contribution in [1.29, 1.82) is 0 Å². The van der Waals surface area contributed by atoms with Crippen LogP contribution in [0.25, 0.3) is 0 Å². The van der Waals surface area contributed by atoms with Gasteiger partial charge in [-0.05, 0) is 48.4 Å². The normalized spacial score (nSPS) is 13.0. The Morgan fingerprint density at radius 3 is 2.82 bits per heavy atom. The van der Waals surface area contributed by atoms with E-state index >= 15 is 0 Å². The second-order valence-electron chi connectivity index (χ2n) is 6.59. The number of hydrogen-bond donors (Lipinski definition) is 1. The highest BCUT2D eigenvalue weighted by molar-refractivity contribution is 8.00. The van der Waals surface area contributed by atoms with Crippen LogP contribution in [0.4, 0.5) is 5.13 Å². The van der Waals surface area contributed by atoms with E-state index < -0.39 is 0 Å². The Bertz CT molecular complexity index is 944. The van der Waals surface area contributed by atoms with Crippen molar-refractivity contribution in [3.8, 4) is 5.75 Å². The molecular weight excluding hydrogens is 390 g/mol. The number of carbonyl (C=O) groups excluding carboxylic acids is 1. The molecular formula is C21H21N3O2S2. The fraction of sp³-hybridized carbons (Fsp3) is 0.286. The van der Waals surface area contributed by atoms with Crippen LogP contribution in [-0.4, -0.2) is 22.7 Å². The number of thioether (sulfide) groups is 1. The fourth-order valence-corrected chi connectivity index (χ4v) is 4.94. The molecule has 1 aliphatic carbocycles. The Labute approximate surface area is 172 Å². The molecule has 0 radical (unpaired) electrons. The summed E-state index contributed by atoms with van der Waals surface area (Å²) in [4.78, 5) is 12.2. The molecule has 0 fully saturated rings. The Morgan fingerprint density at radius 2 is 1.93 bits per heavy atom. The third-order valence-electron chi connectivity index (χ3n) is 4.57. The molecule has 7 heteroatoms. The average Bonchev–Trinajstić information content (AvgIpc) is 3.18. The molecule has 3 aromatic rings. The van der Waals surface area contributed by atoms with E-state index in [2.05, 4.69) is 33.7 Å². The number of amides is 1. The maximum Gasteiger partial charge on any atom is 0.264 e. The van der Waals surface area contributed by atoms with Gasteiger partial charge in [0.15, 0.2) is 10.9 Å². The minimum absolute atomic E-state index is 0.0253. The lowest BCUT2D eigenvalue weighted by Gasteiger charge is -2.19. The smallest absolute Gasteiger partial charge is 0.264 e. The highest BCUT2D eigenvalue weighted by atomic mass is 32.2. The van der Waals surface area contributed by atoms with E-state index in [1.807, 2.05) is 30.3 Å². The number of ether oxygens (including phenoxy) is 1. The van der Waals surface area contributed by atoms with E-state index in [0.29, 0.717) is 5.13 Å². The molecule has 2 aromatic carbocycles. The standard InChI is InChI=1S/C21H21N3O2S2/c25-19(13-26-18-12-6-10-16-9-4-5-11-17(16)18)22-20-23-24-21(28-20)27-14-15-7-2-1-3-8-15/h1-3,6-8,10,12H,4-5,9,11,13-14H2,(H,22,23,25). The van der Waals surface area contributed by atoms with Crippen LogP contribution in [-0.2, 0) is 23.4 Å². The third-order valence-corrected chi connectivity index (χ3v) is 6.61. The zero-order chi connectivity index (χ0) is 19.2. The minimum Gasteiger partial charge on any atom is -0.483 e. The number of benzene rings is 2. The molecule has 144 valence electrons. The average molecular weight is 412 g/mol. The van der Waals surface area contributed by atoms with Gasteiger partial charge in [-0.3, -0.25) is 10.1 Å². The Hall–Kier alpha value is -2.38. The predicted octanol–water partition coefficient (Wildman–Crippen LogP) is 4.73. The maximum atomic E-state index is 12.2. The van der Waals surface area contributed by atoms with Gasteiger partial charge < -0.3 is 4.74 Å². The summed E-state index contributed by atoms with van der Waals surface area (Å²) < 4.78 is 6.62. The molecule has 1 N–H and O–H groups in total. The number of anilines is 1. The van der Waals surface area contributed by atoms with Crippen molar-refractivity contribution in [2.45, 2.75) is 35.8 Å². The summed E-state index contributed by atoms with van der Waals surface area (Å²) in [6.45, 7) is -0.0253. The number of aromatic nitrogens is 2. The molecule has 0 saturated heterocycles. The van der Waals surface area contributed by atoms with E-state index in [-0.39, 0.29) is 12.5 Å². The molecule has 0 unspecified atom stereocenters. The minimum atomic E-state index is -0.218. The molecule has 28 heavy (non-hydrogen) atoms. The van der Waals surface area contributed by atoms with E-state index in [9.17, 15) is 4.79 Å². The zero-order valence-corrected chi connectivity index (χ0v) is 17.0. The van der Waals surface area contributed by atoms with Crippen LogP contribution >= 0.6 is 23.1 Å². The van der Waals surface area contributed by atoms with Gasteiger partial charge in [0.05, 0.1) is 0 Å². The molecule has 0 aliphatic heterocycles. The van der Waals surface area contributed by atoms with Gasteiger partial charge in [0, 0.05) is 5.75 Å². The van der Waals surface area contributed by atoms with Crippen LogP contribution in [0.3, 0.4) is 0 Å². The predicted molar refractivity (Wildman–Crippen MR) is 113 cm³/mol. The first-order chi connectivity index (χ1) is 13.8. The van der Waals surface area contributed by atoms with Gasteiger partial charge in [-0.2, -0.15) is 0 Å². The van der Waals surface area contributed by atoms with Crippen molar-refractivity contribution in [2.75, 3.05) is 11.9 Å². The molecule has 1 amide bonds. The van der Waals surface area contributed by atoms with E-state index in [1.54, 1.807) is 11.8 Å². The lowest BCUT2D eigenvalue weighted by atomic mass is 9.91. The SMILES string of the molecule is O=C(COc1cccc2c1CCCC2)Nc1nnc(SCc2ccccc2)s1. The van der Waals surface area contributed by atoms with Gasteiger partial charge in [-0.25, -0.2) is 0 Å². The summed E-state index contributed by atoms with van der Waals surface area (Å²) in [5.41, 5.74) is 3.82. The van der Waals surface area contributed by atoms with Gasteiger partial charge in [0.25, 0.3) is 5.91 Å². The van der Waals surface area contributed by atoms with Gasteiger partial charge >= 0.3 is 0 Å². The summed E-state index contributed by atoms with van der Waals surface area (Å²) in [7, 11) is 0.